The summed E-state index contributed by atoms with van der Waals surface area (Å²) in [5.74, 6) is 0.0831. The number of halogens is 1. The highest BCUT2D eigenvalue weighted by Crippen LogP contribution is 2.31. The zero-order chi connectivity index (χ0) is 25.4. The number of carbonyl (C=O) groups is 1. The summed E-state index contributed by atoms with van der Waals surface area (Å²) in [7, 11) is 0. The van der Waals surface area contributed by atoms with Crippen molar-refractivity contribution in [2.45, 2.75) is 13.5 Å². The van der Waals surface area contributed by atoms with Crippen molar-refractivity contribution < 1.29 is 4.79 Å². The minimum absolute atomic E-state index is 0.0831. The van der Waals surface area contributed by atoms with E-state index in [0.29, 0.717) is 5.56 Å². The first kappa shape index (κ1) is 24.1. The van der Waals surface area contributed by atoms with Gasteiger partial charge in [-0.15, -0.1) is 11.3 Å². The zero-order valence-corrected chi connectivity index (χ0v) is 23.0. The summed E-state index contributed by atoms with van der Waals surface area (Å²) in [6.07, 6.45) is 1.83. The minimum Gasteiger partial charge on any atom is -0.336 e. The fourth-order valence-corrected chi connectivity index (χ4v) is 6.35. The predicted octanol–water partition coefficient (Wildman–Crippen LogP) is 6.78. The van der Waals surface area contributed by atoms with Gasteiger partial charge in [0, 0.05) is 58.2 Å². The van der Waals surface area contributed by atoms with Gasteiger partial charge in [0.25, 0.3) is 5.91 Å². The number of aromatic nitrogens is 2. The third-order valence-electron chi connectivity index (χ3n) is 6.88. The van der Waals surface area contributed by atoms with Crippen LogP contribution in [0.3, 0.4) is 0 Å². The Kier molecular flexibility index (Phi) is 6.67. The van der Waals surface area contributed by atoms with Gasteiger partial charge in [-0.25, -0.2) is 4.98 Å². The molecule has 6 rings (SSSR count). The lowest BCUT2D eigenvalue weighted by Gasteiger charge is -2.34. The summed E-state index contributed by atoms with van der Waals surface area (Å²) in [5, 5.41) is 0. The lowest BCUT2D eigenvalue weighted by molar-refractivity contribution is 0.0630. The molecule has 2 aromatic heterocycles. The van der Waals surface area contributed by atoms with Crippen LogP contribution in [-0.2, 0) is 6.54 Å². The molecule has 0 atom stereocenters. The standard InChI is InChI=1S/C30H27BrN4OS/c1-21-4-2-7-25(16-21)35-20-32-27-18-23(8-10-28(27)35)30(36)34-14-12-33(13-15-34)19-26-9-11-29(37-26)22-5-3-6-24(31)17-22/h2-11,16-18,20H,12-15,19H2,1H3. The highest BCUT2D eigenvalue weighted by molar-refractivity contribution is 9.10. The van der Waals surface area contributed by atoms with Gasteiger partial charge in [-0.2, -0.15) is 0 Å². The molecule has 0 radical (unpaired) electrons. The van der Waals surface area contributed by atoms with E-state index in [-0.39, 0.29) is 5.91 Å². The van der Waals surface area contributed by atoms with E-state index in [4.69, 9.17) is 0 Å². The second kappa shape index (κ2) is 10.2. The van der Waals surface area contributed by atoms with Crippen LogP contribution in [0.25, 0.3) is 27.2 Å². The Hall–Kier alpha value is -3.26. The Morgan fingerprint density at radius 2 is 1.78 bits per heavy atom. The zero-order valence-electron chi connectivity index (χ0n) is 20.6. The van der Waals surface area contributed by atoms with Gasteiger partial charge < -0.3 is 4.90 Å². The number of imidazole rings is 1. The molecule has 3 aromatic carbocycles. The van der Waals surface area contributed by atoms with Crippen molar-refractivity contribution in [3.63, 3.8) is 0 Å². The van der Waals surface area contributed by atoms with E-state index >= 15 is 0 Å². The molecule has 5 nitrogen and oxygen atoms in total. The summed E-state index contributed by atoms with van der Waals surface area (Å²) in [4.78, 5) is 24.9. The van der Waals surface area contributed by atoms with Crippen LogP contribution in [0.15, 0.2) is 89.7 Å². The van der Waals surface area contributed by atoms with Crippen LogP contribution in [0.2, 0.25) is 0 Å². The van der Waals surface area contributed by atoms with Crippen LogP contribution >= 0.6 is 27.3 Å². The highest BCUT2D eigenvalue weighted by Gasteiger charge is 2.23. The normalized spacial score (nSPS) is 14.4. The number of thiophene rings is 1. The van der Waals surface area contributed by atoms with E-state index < -0.39 is 0 Å². The van der Waals surface area contributed by atoms with Gasteiger partial charge in [-0.3, -0.25) is 14.3 Å². The molecule has 0 spiro atoms. The lowest BCUT2D eigenvalue weighted by atomic mass is 10.1. The van der Waals surface area contributed by atoms with Gasteiger partial charge in [0.1, 0.15) is 6.33 Å². The average Bonchev–Trinajstić information content (AvgIpc) is 3.56. The number of fused-ring (bicyclic) bond motifs is 1. The smallest absolute Gasteiger partial charge is 0.254 e. The topological polar surface area (TPSA) is 41.4 Å². The van der Waals surface area contributed by atoms with Crippen LogP contribution in [0, 0.1) is 6.92 Å². The fraction of sp³-hybridized carbons (Fsp3) is 0.200. The molecule has 1 aliphatic heterocycles. The molecule has 3 heterocycles. The second-order valence-corrected chi connectivity index (χ2v) is 11.6. The highest BCUT2D eigenvalue weighted by atomic mass is 79.9. The summed E-state index contributed by atoms with van der Waals surface area (Å²) in [5.41, 5.74) is 6.06. The van der Waals surface area contributed by atoms with Crippen molar-refractivity contribution in [3.05, 3.63) is 106 Å². The number of carbonyl (C=O) groups excluding carboxylic acids is 1. The van der Waals surface area contributed by atoms with Crippen molar-refractivity contribution in [2.24, 2.45) is 0 Å². The third-order valence-corrected chi connectivity index (χ3v) is 8.50. The number of hydrogen-bond acceptors (Lipinski definition) is 4. The maximum Gasteiger partial charge on any atom is 0.254 e. The molecule has 1 fully saturated rings. The Morgan fingerprint density at radius 1 is 0.946 bits per heavy atom. The minimum atomic E-state index is 0.0831. The molecule has 1 aliphatic rings. The van der Waals surface area contributed by atoms with Crippen LogP contribution < -0.4 is 0 Å². The number of amides is 1. The SMILES string of the molecule is Cc1cccc(-n2cnc3cc(C(=O)N4CCN(Cc5ccc(-c6cccc(Br)c6)s5)CC4)ccc32)c1. The summed E-state index contributed by atoms with van der Waals surface area (Å²) >= 11 is 5.41. The molecule has 0 aliphatic carbocycles. The summed E-state index contributed by atoms with van der Waals surface area (Å²) in [6.45, 7) is 6.22. The van der Waals surface area contributed by atoms with E-state index in [1.54, 1.807) is 0 Å². The van der Waals surface area contributed by atoms with Crippen molar-refractivity contribution in [3.8, 4) is 16.1 Å². The number of nitrogens with zero attached hydrogens (tertiary/aromatic N) is 4. The molecule has 0 N–H and O–H groups in total. The first-order valence-electron chi connectivity index (χ1n) is 12.4. The van der Waals surface area contributed by atoms with E-state index in [9.17, 15) is 4.79 Å². The third kappa shape index (κ3) is 5.12. The van der Waals surface area contributed by atoms with Crippen LogP contribution in [0.1, 0.15) is 20.8 Å². The van der Waals surface area contributed by atoms with E-state index in [0.717, 1.165) is 53.9 Å². The van der Waals surface area contributed by atoms with Crippen molar-refractivity contribution in [1.82, 2.24) is 19.4 Å². The number of benzene rings is 3. The van der Waals surface area contributed by atoms with Crippen LogP contribution in [0.4, 0.5) is 0 Å². The average molecular weight is 572 g/mol. The molecule has 0 unspecified atom stereocenters. The molecule has 0 bridgehead atoms. The Bertz CT molecular complexity index is 1580. The summed E-state index contributed by atoms with van der Waals surface area (Å²) in [6, 6.07) is 27.1. The molecule has 1 saturated heterocycles. The second-order valence-electron chi connectivity index (χ2n) is 9.50. The van der Waals surface area contributed by atoms with Crippen LogP contribution in [-0.4, -0.2) is 51.4 Å². The first-order valence-corrected chi connectivity index (χ1v) is 14.0. The lowest BCUT2D eigenvalue weighted by Crippen LogP contribution is -2.48. The number of hydrogen-bond donors (Lipinski definition) is 0. The summed E-state index contributed by atoms with van der Waals surface area (Å²) < 4.78 is 3.17. The van der Waals surface area contributed by atoms with Gasteiger partial charge in [-0.1, -0.05) is 40.2 Å². The fourth-order valence-electron chi connectivity index (χ4n) is 4.90. The molecule has 7 heteroatoms. The van der Waals surface area contributed by atoms with Crippen LogP contribution in [0.5, 0.6) is 0 Å². The Balaban J connectivity index is 1.09. The van der Waals surface area contributed by atoms with Crippen molar-refractivity contribution >= 4 is 44.2 Å². The largest absolute Gasteiger partial charge is 0.336 e. The van der Waals surface area contributed by atoms with Crippen molar-refractivity contribution in [2.75, 3.05) is 26.2 Å². The van der Waals surface area contributed by atoms with Gasteiger partial charge in [0.15, 0.2) is 0 Å². The first-order chi connectivity index (χ1) is 18.0. The monoisotopic (exact) mass is 570 g/mol. The molecule has 37 heavy (non-hydrogen) atoms. The maximum absolute atomic E-state index is 13.3. The van der Waals surface area contributed by atoms with E-state index in [1.807, 2.05) is 46.8 Å². The number of piperazine rings is 1. The Morgan fingerprint density at radius 3 is 2.59 bits per heavy atom. The predicted molar refractivity (Wildman–Crippen MR) is 154 cm³/mol. The van der Waals surface area contributed by atoms with Gasteiger partial charge >= 0.3 is 0 Å². The molecular weight excluding hydrogens is 544 g/mol. The molecule has 186 valence electrons. The Labute approximate surface area is 229 Å². The quantitative estimate of drug-likeness (QED) is 0.234. The van der Waals surface area contributed by atoms with E-state index in [1.165, 1.54) is 20.9 Å². The van der Waals surface area contributed by atoms with Gasteiger partial charge in [0.05, 0.1) is 11.0 Å². The molecule has 1 amide bonds. The molecule has 0 saturated carbocycles. The molecular formula is C30H27BrN4OS. The number of rotatable bonds is 5. The van der Waals surface area contributed by atoms with Crippen molar-refractivity contribution in [1.29, 1.82) is 0 Å². The maximum atomic E-state index is 13.3. The van der Waals surface area contributed by atoms with Gasteiger partial charge in [0.2, 0.25) is 0 Å². The number of aryl methyl sites for hydroxylation is 1. The molecule has 5 aromatic rings. The van der Waals surface area contributed by atoms with Gasteiger partial charge in [-0.05, 0) is 72.6 Å². The van der Waals surface area contributed by atoms with E-state index in [2.05, 4.69) is 91.9 Å².